The van der Waals surface area contributed by atoms with Gasteiger partial charge in [-0.2, -0.15) is 0 Å². The molecule has 0 aliphatic rings. The van der Waals surface area contributed by atoms with Crippen molar-refractivity contribution in [3.8, 4) is 5.75 Å². The molecule has 0 aliphatic heterocycles. The summed E-state index contributed by atoms with van der Waals surface area (Å²) in [6.07, 6.45) is 7.06. The van der Waals surface area contributed by atoms with Crippen LogP contribution in [0.3, 0.4) is 0 Å². The summed E-state index contributed by atoms with van der Waals surface area (Å²) < 4.78 is 27.0. The van der Waals surface area contributed by atoms with Crippen LogP contribution in [-0.4, -0.2) is 55.1 Å². The van der Waals surface area contributed by atoms with Crippen LogP contribution in [0.25, 0.3) is 6.08 Å². The fraction of sp³-hybridized carbons (Fsp3) is 0.407. The summed E-state index contributed by atoms with van der Waals surface area (Å²) in [5, 5.41) is 0. The van der Waals surface area contributed by atoms with Gasteiger partial charge in [0.1, 0.15) is 5.75 Å². The van der Waals surface area contributed by atoms with Crippen LogP contribution in [0.2, 0.25) is 6.04 Å². The van der Waals surface area contributed by atoms with E-state index in [0.29, 0.717) is 24.3 Å². The molecule has 2 aromatic rings. The molecule has 0 aliphatic carbocycles. The van der Waals surface area contributed by atoms with E-state index in [0.717, 1.165) is 43.0 Å². The zero-order valence-corrected chi connectivity index (χ0v) is 22.1. The molecule has 0 atom stereocenters. The highest BCUT2D eigenvalue weighted by atomic mass is 28.4. The molecule has 7 nitrogen and oxygen atoms in total. The number of hydrogen-bond acceptors (Lipinski definition) is 7. The van der Waals surface area contributed by atoms with Crippen LogP contribution in [0.1, 0.15) is 54.1 Å². The average Bonchev–Trinajstić information content (AvgIpc) is 2.90. The molecule has 190 valence electrons. The van der Waals surface area contributed by atoms with Crippen molar-refractivity contribution >= 4 is 26.6 Å². The minimum absolute atomic E-state index is 0.0692. The number of rotatable bonds is 16. The summed E-state index contributed by atoms with van der Waals surface area (Å²) in [6.45, 7) is 2.71. The number of carbonyl (C=O) groups is 2. The molecule has 0 saturated carbocycles. The fourth-order valence-electron chi connectivity index (χ4n) is 3.51. The summed E-state index contributed by atoms with van der Waals surface area (Å²) >= 11 is 0. The molecule has 0 heterocycles. The van der Waals surface area contributed by atoms with E-state index in [4.69, 9.17) is 22.8 Å². The molecule has 0 fully saturated rings. The SMILES string of the molecule is CCOC(=O)C=Cc1ccc(C(=O)c2ccc(OCCCCCC[Si](OC)(OC)OC)cc2)cc1. The first-order valence-corrected chi connectivity index (χ1v) is 13.8. The lowest BCUT2D eigenvalue weighted by atomic mass is 10.0. The zero-order valence-electron chi connectivity index (χ0n) is 21.1. The van der Waals surface area contributed by atoms with E-state index in [9.17, 15) is 9.59 Å². The number of benzene rings is 2. The largest absolute Gasteiger partial charge is 0.500 e. The van der Waals surface area contributed by atoms with Crippen LogP contribution in [0.5, 0.6) is 5.75 Å². The van der Waals surface area contributed by atoms with Crippen molar-refractivity contribution in [2.75, 3.05) is 34.5 Å². The van der Waals surface area contributed by atoms with E-state index in [1.165, 1.54) is 6.08 Å². The molecular weight excluding hydrogens is 464 g/mol. The van der Waals surface area contributed by atoms with Crippen LogP contribution in [0.4, 0.5) is 0 Å². The zero-order chi connectivity index (χ0) is 25.5. The normalized spacial score (nSPS) is 11.5. The molecule has 0 aromatic heterocycles. The Hall–Kier alpha value is -2.78. The predicted molar refractivity (Wildman–Crippen MR) is 138 cm³/mol. The molecule has 0 bridgehead atoms. The molecule has 2 aromatic carbocycles. The van der Waals surface area contributed by atoms with Crippen LogP contribution < -0.4 is 4.74 Å². The van der Waals surface area contributed by atoms with E-state index >= 15 is 0 Å². The molecule has 0 radical (unpaired) electrons. The van der Waals surface area contributed by atoms with Gasteiger partial charge in [-0.3, -0.25) is 4.79 Å². The summed E-state index contributed by atoms with van der Waals surface area (Å²) in [6, 6.07) is 15.1. The molecule has 0 unspecified atom stereocenters. The van der Waals surface area contributed by atoms with Crippen molar-refractivity contribution in [1.82, 2.24) is 0 Å². The van der Waals surface area contributed by atoms with Gasteiger partial charge in [0.2, 0.25) is 0 Å². The lowest BCUT2D eigenvalue weighted by molar-refractivity contribution is -0.137. The smallest absolute Gasteiger partial charge is 0.494 e. The minimum atomic E-state index is -2.47. The number of unbranched alkanes of at least 4 members (excludes halogenated alkanes) is 3. The second-order valence-corrected chi connectivity index (χ2v) is 11.0. The maximum atomic E-state index is 12.8. The van der Waals surface area contributed by atoms with Gasteiger partial charge >= 0.3 is 14.8 Å². The number of ketones is 1. The van der Waals surface area contributed by atoms with Gasteiger partial charge in [0.15, 0.2) is 5.78 Å². The van der Waals surface area contributed by atoms with Crippen molar-refractivity contribution < 1.29 is 32.3 Å². The van der Waals surface area contributed by atoms with E-state index in [1.54, 1.807) is 70.7 Å². The summed E-state index contributed by atoms with van der Waals surface area (Å²) in [5.41, 5.74) is 1.99. The second kappa shape index (κ2) is 15.3. The van der Waals surface area contributed by atoms with Gasteiger partial charge in [-0.25, -0.2) is 4.79 Å². The molecule has 0 saturated heterocycles. The van der Waals surface area contributed by atoms with Gasteiger partial charge in [-0.15, -0.1) is 0 Å². The Morgan fingerprint density at radius 3 is 1.94 bits per heavy atom. The number of esters is 1. The highest BCUT2D eigenvalue weighted by molar-refractivity contribution is 6.60. The Kier molecular flexibility index (Phi) is 12.4. The number of carbonyl (C=O) groups excluding carboxylic acids is 2. The predicted octanol–water partition coefficient (Wildman–Crippen LogP) is 5.31. The first-order valence-electron chi connectivity index (χ1n) is 11.8. The van der Waals surface area contributed by atoms with Crippen molar-refractivity contribution in [3.63, 3.8) is 0 Å². The highest BCUT2D eigenvalue weighted by Crippen LogP contribution is 2.19. The summed E-state index contributed by atoms with van der Waals surface area (Å²) in [7, 11) is 2.43. The van der Waals surface area contributed by atoms with Gasteiger partial charge < -0.3 is 22.8 Å². The Labute approximate surface area is 209 Å². The molecule has 0 N–H and O–H groups in total. The minimum Gasteiger partial charge on any atom is -0.494 e. The Morgan fingerprint density at radius 2 is 1.37 bits per heavy atom. The quantitative estimate of drug-likeness (QED) is 0.102. The van der Waals surface area contributed by atoms with E-state index in [-0.39, 0.29) is 5.78 Å². The summed E-state index contributed by atoms with van der Waals surface area (Å²) in [5.74, 6) is 0.282. The number of hydrogen-bond donors (Lipinski definition) is 0. The second-order valence-electron chi connectivity index (χ2n) is 7.87. The number of ether oxygens (including phenoxy) is 2. The lowest BCUT2D eigenvalue weighted by Crippen LogP contribution is -2.42. The topological polar surface area (TPSA) is 80.3 Å². The maximum absolute atomic E-state index is 12.8. The summed E-state index contributed by atoms with van der Waals surface area (Å²) in [4.78, 5) is 24.2. The third kappa shape index (κ3) is 9.41. The first kappa shape index (κ1) is 28.5. The molecule has 8 heteroatoms. The lowest BCUT2D eigenvalue weighted by Gasteiger charge is -2.24. The monoisotopic (exact) mass is 500 g/mol. The van der Waals surface area contributed by atoms with E-state index in [1.807, 2.05) is 12.1 Å². The Balaban J connectivity index is 1.75. The van der Waals surface area contributed by atoms with Crippen molar-refractivity contribution in [3.05, 3.63) is 71.3 Å². The average molecular weight is 501 g/mol. The van der Waals surface area contributed by atoms with Crippen molar-refractivity contribution in [2.45, 2.75) is 38.7 Å². The Bertz CT molecular complexity index is 927. The molecular formula is C27H36O7Si. The van der Waals surface area contributed by atoms with Crippen LogP contribution in [0, 0.1) is 0 Å². The molecule has 0 spiro atoms. The van der Waals surface area contributed by atoms with Crippen LogP contribution >= 0.6 is 0 Å². The molecule has 0 amide bonds. The van der Waals surface area contributed by atoms with Crippen LogP contribution in [-0.2, 0) is 22.8 Å². The van der Waals surface area contributed by atoms with Crippen molar-refractivity contribution in [1.29, 1.82) is 0 Å². The van der Waals surface area contributed by atoms with Crippen LogP contribution in [0.15, 0.2) is 54.6 Å². The van der Waals surface area contributed by atoms with Gasteiger partial charge in [-0.05, 0) is 55.7 Å². The molecule has 2 rings (SSSR count). The maximum Gasteiger partial charge on any atom is 0.500 e. The fourth-order valence-corrected chi connectivity index (χ4v) is 5.31. The van der Waals surface area contributed by atoms with E-state index in [2.05, 4.69) is 0 Å². The van der Waals surface area contributed by atoms with Crippen molar-refractivity contribution in [2.24, 2.45) is 0 Å². The van der Waals surface area contributed by atoms with Gasteiger partial charge in [0.05, 0.1) is 13.2 Å². The third-order valence-corrected chi connectivity index (χ3v) is 8.40. The van der Waals surface area contributed by atoms with Gasteiger partial charge in [0.25, 0.3) is 0 Å². The third-order valence-electron chi connectivity index (χ3n) is 5.57. The Morgan fingerprint density at radius 1 is 0.800 bits per heavy atom. The highest BCUT2D eigenvalue weighted by Gasteiger charge is 2.36. The first-order chi connectivity index (χ1) is 17.0. The van der Waals surface area contributed by atoms with Gasteiger partial charge in [-0.1, -0.05) is 37.1 Å². The standard InChI is InChI=1S/C27H36O7Si/c1-5-33-26(28)19-12-22-10-13-23(14-11-22)27(29)24-15-17-25(18-16-24)34-20-8-6-7-9-21-35(30-2,31-3)32-4/h10-19H,5-9,20-21H2,1-4H3. The van der Waals surface area contributed by atoms with Gasteiger partial charge in [0, 0.05) is 44.6 Å². The molecule has 35 heavy (non-hydrogen) atoms. The van der Waals surface area contributed by atoms with E-state index < -0.39 is 14.8 Å².